The van der Waals surface area contributed by atoms with Crippen molar-refractivity contribution in [2.24, 2.45) is 0 Å². The topological polar surface area (TPSA) is 66.0 Å². The van der Waals surface area contributed by atoms with Crippen molar-refractivity contribution >= 4 is 24.4 Å². The fourth-order valence-electron chi connectivity index (χ4n) is 2.34. The predicted octanol–water partition coefficient (Wildman–Crippen LogP) is 3.34. The van der Waals surface area contributed by atoms with Crippen molar-refractivity contribution in [2.75, 3.05) is 12.4 Å². The highest BCUT2D eigenvalue weighted by molar-refractivity contribution is 6.62. The van der Waals surface area contributed by atoms with Gasteiger partial charge in [-0.2, -0.15) is 0 Å². The maximum atomic E-state index is 11.9. The Labute approximate surface area is 150 Å². The van der Waals surface area contributed by atoms with Gasteiger partial charge >= 0.3 is 13.2 Å². The van der Waals surface area contributed by atoms with E-state index >= 15 is 0 Å². The molecule has 0 aliphatic carbocycles. The Morgan fingerprint density at radius 3 is 2.36 bits per heavy atom. The highest BCUT2D eigenvalue weighted by atomic mass is 16.7. The van der Waals surface area contributed by atoms with E-state index in [1.165, 1.54) is 0 Å². The molecule has 1 aliphatic rings. The molecule has 0 saturated carbocycles. The molecule has 1 aromatic carbocycles. The summed E-state index contributed by atoms with van der Waals surface area (Å²) < 4.78 is 22.7. The van der Waals surface area contributed by atoms with Gasteiger partial charge in [0.2, 0.25) is 0 Å². The average molecular weight is 349 g/mol. The first-order valence-electron chi connectivity index (χ1n) is 8.61. The normalized spacial score (nSPS) is 19.4. The van der Waals surface area contributed by atoms with E-state index in [-0.39, 0.29) is 6.10 Å². The monoisotopic (exact) mass is 349 g/mol. The first-order valence-corrected chi connectivity index (χ1v) is 8.61. The van der Waals surface area contributed by atoms with Crippen molar-refractivity contribution in [2.45, 2.75) is 65.3 Å². The third kappa shape index (κ3) is 4.28. The fourth-order valence-corrected chi connectivity index (χ4v) is 2.34. The molecule has 0 radical (unpaired) electrons. The van der Waals surface area contributed by atoms with Gasteiger partial charge < -0.3 is 18.8 Å². The van der Waals surface area contributed by atoms with E-state index in [0.29, 0.717) is 11.4 Å². The summed E-state index contributed by atoms with van der Waals surface area (Å²) in [5.41, 5.74) is 0.538. The first kappa shape index (κ1) is 19.6. The van der Waals surface area contributed by atoms with Gasteiger partial charge in [-0.05, 0) is 58.6 Å². The summed E-state index contributed by atoms with van der Waals surface area (Å²) in [5, 5.41) is 2.71. The van der Waals surface area contributed by atoms with E-state index in [0.717, 1.165) is 11.9 Å². The Bertz CT molecular complexity index is 616. The standard InChI is InChI=1S/C18H28BNO5/c1-8-12(2)23-16(21)20-14-10-9-13(11-15(14)22-7)19-24-17(3,4)18(5,6)25-19/h9-12H,8H2,1-7H3,(H,20,21)/t12-/m0/s1. The third-order valence-corrected chi connectivity index (χ3v) is 4.87. The molecule has 1 aromatic rings. The van der Waals surface area contributed by atoms with Crippen molar-refractivity contribution < 1.29 is 23.6 Å². The lowest BCUT2D eigenvalue weighted by Gasteiger charge is -2.32. The lowest BCUT2D eigenvalue weighted by molar-refractivity contribution is 0.00578. The van der Waals surface area contributed by atoms with Gasteiger partial charge in [0.25, 0.3) is 0 Å². The van der Waals surface area contributed by atoms with Gasteiger partial charge in [-0.15, -0.1) is 0 Å². The highest BCUT2D eigenvalue weighted by Gasteiger charge is 2.51. The van der Waals surface area contributed by atoms with Crippen LogP contribution < -0.4 is 15.5 Å². The van der Waals surface area contributed by atoms with Crippen LogP contribution in [0, 0.1) is 0 Å². The molecule has 1 heterocycles. The average Bonchev–Trinajstić information content (AvgIpc) is 2.75. The summed E-state index contributed by atoms with van der Waals surface area (Å²) in [6.07, 6.45) is 0.108. The molecule has 0 bridgehead atoms. The van der Waals surface area contributed by atoms with Gasteiger partial charge in [0.05, 0.1) is 24.0 Å². The molecular weight excluding hydrogens is 321 g/mol. The molecule has 6 nitrogen and oxygen atoms in total. The van der Waals surface area contributed by atoms with Crippen molar-refractivity contribution in [1.29, 1.82) is 0 Å². The van der Waals surface area contributed by atoms with Gasteiger partial charge in [0.1, 0.15) is 11.9 Å². The van der Waals surface area contributed by atoms with Gasteiger partial charge in [0.15, 0.2) is 0 Å². The van der Waals surface area contributed by atoms with Crippen LogP contribution in [-0.4, -0.2) is 37.6 Å². The zero-order valence-electron chi connectivity index (χ0n) is 16.1. The Balaban J connectivity index is 2.16. The number of carbonyl (C=O) groups excluding carboxylic acids is 1. The molecule has 1 N–H and O–H groups in total. The summed E-state index contributed by atoms with van der Waals surface area (Å²) >= 11 is 0. The second-order valence-electron chi connectivity index (χ2n) is 7.30. The Morgan fingerprint density at radius 1 is 1.24 bits per heavy atom. The number of nitrogens with one attached hydrogen (secondary N) is 1. The molecule has 1 aliphatic heterocycles. The summed E-state index contributed by atoms with van der Waals surface area (Å²) in [7, 11) is 1.06. The van der Waals surface area contributed by atoms with Crippen LogP contribution in [0.2, 0.25) is 0 Å². The summed E-state index contributed by atoms with van der Waals surface area (Å²) in [6, 6.07) is 5.42. The first-order chi connectivity index (χ1) is 11.6. The van der Waals surface area contributed by atoms with Crippen LogP contribution in [-0.2, 0) is 14.0 Å². The maximum Gasteiger partial charge on any atom is 0.494 e. The summed E-state index contributed by atoms with van der Waals surface area (Å²) in [4.78, 5) is 11.9. The van der Waals surface area contributed by atoms with Crippen molar-refractivity contribution in [3.63, 3.8) is 0 Å². The zero-order chi connectivity index (χ0) is 18.8. The lowest BCUT2D eigenvalue weighted by Crippen LogP contribution is -2.41. The van der Waals surface area contributed by atoms with E-state index in [1.807, 2.05) is 47.6 Å². The van der Waals surface area contributed by atoms with Crippen LogP contribution in [0.3, 0.4) is 0 Å². The molecule has 1 saturated heterocycles. The van der Waals surface area contributed by atoms with Crippen molar-refractivity contribution in [1.82, 2.24) is 0 Å². The third-order valence-electron chi connectivity index (χ3n) is 4.87. The maximum absolute atomic E-state index is 11.9. The summed E-state index contributed by atoms with van der Waals surface area (Å²) in [6.45, 7) is 11.8. The highest BCUT2D eigenvalue weighted by Crippen LogP contribution is 2.37. The number of ether oxygens (including phenoxy) is 2. The molecule has 138 valence electrons. The van der Waals surface area contributed by atoms with E-state index in [2.05, 4.69) is 5.32 Å². The van der Waals surface area contributed by atoms with Crippen molar-refractivity contribution in [3.05, 3.63) is 18.2 Å². The SMILES string of the molecule is CC[C@H](C)OC(=O)Nc1ccc(B2OC(C)(C)C(C)(C)O2)cc1OC. The minimum absolute atomic E-state index is 0.144. The Hall–Kier alpha value is -1.73. The lowest BCUT2D eigenvalue weighted by atomic mass is 9.79. The van der Waals surface area contributed by atoms with Gasteiger partial charge in [0, 0.05) is 0 Å². The number of hydrogen-bond donors (Lipinski definition) is 1. The Morgan fingerprint density at radius 2 is 1.84 bits per heavy atom. The predicted molar refractivity (Wildman–Crippen MR) is 98.6 cm³/mol. The van der Waals surface area contributed by atoms with Crippen LogP contribution in [0.15, 0.2) is 18.2 Å². The van der Waals surface area contributed by atoms with E-state index in [4.69, 9.17) is 18.8 Å². The summed E-state index contributed by atoms with van der Waals surface area (Å²) in [5.74, 6) is 0.522. The molecule has 0 spiro atoms. The smallest absolute Gasteiger partial charge is 0.494 e. The van der Waals surface area contributed by atoms with Crippen molar-refractivity contribution in [3.8, 4) is 5.75 Å². The minimum atomic E-state index is -0.504. The Kier molecular flexibility index (Phi) is 5.69. The van der Waals surface area contributed by atoms with E-state index in [1.54, 1.807) is 19.2 Å². The van der Waals surface area contributed by atoms with Crippen LogP contribution in [0.5, 0.6) is 5.75 Å². The van der Waals surface area contributed by atoms with Crippen LogP contribution >= 0.6 is 0 Å². The fraction of sp³-hybridized carbons (Fsp3) is 0.611. The zero-order valence-corrected chi connectivity index (χ0v) is 16.1. The van der Waals surface area contributed by atoms with Gasteiger partial charge in [-0.25, -0.2) is 4.79 Å². The number of benzene rings is 1. The molecule has 0 unspecified atom stereocenters. The molecule has 1 amide bonds. The minimum Gasteiger partial charge on any atom is -0.495 e. The molecule has 1 atom stereocenters. The number of amides is 1. The number of methoxy groups -OCH3 is 1. The van der Waals surface area contributed by atoms with Crippen LogP contribution in [0.25, 0.3) is 0 Å². The molecule has 25 heavy (non-hydrogen) atoms. The van der Waals surface area contributed by atoms with Gasteiger partial charge in [-0.3, -0.25) is 5.32 Å². The molecule has 1 fully saturated rings. The van der Waals surface area contributed by atoms with Crippen LogP contribution in [0.1, 0.15) is 48.0 Å². The molecule has 2 rings (SSSR count). The van der Waals surface area contributed by atoms with E-state index < -0.39 is 24.4 Å². The second kappa shape index (κ2) is 7.26. The van der Waals surface area contributed by atoms with Gasteiger partial charge in [-0.1, -0.05) is 13.0 Å². The van der Waals surface area contributed by atoms with Crippen LogP contribution in [0.4, 0.5) is 10.5 Å². The molecule has 7 heteroatoms. The molecular formula is C18H28BNO5. The number of rotatable bonds is 5. The molecule has 0 aromatic heterocycles. The second-order valence-corrected chi connectivity index (χ2v) is 7.30. The number of hydrogen-bond acceptors (Lipinski definition) is 5. The number of anilines is 1. The van der Waals surface area contributed by atoms with E-state index in [9.17, 15) is 4.79 Å². The quantitative estimate of drug-likeness (QED) is 0.826. The largest absolute Gasteiger partial charge is 0.495 e. The number of carbonyl (C=O) groups is 1.